The van der Waals surface area contributed by atoms with Gasteiger partial charge in [0.15, 0.2) is 0 Å². The van der Waals surface area contributed by atoms with Crippen molar-refractivity contribution < 1.29 is 4.79 Å². The van der Waals surface area contributed by atoms with Crippen LogP contribution >= 0.6 is 0 Å². The summed E-state index contributed by atoms with van der Waals surface area (Å²) in [5, 5.41) is 2.75. The second-order valence-electron chi connectivity index (χ2n) is 3.78. The summed E-state index contributed by atoms with van der Waals surface area (Å²) < 4.78 is 0. The molecule has 0 radical (unpaired) electrons. The standard InChI is InChI=1S/C13H14N4O/c14-6-5-10-3-1-2-4-12(10)13(18)17-11-7-15-9-16-8-11/h1-4,7-9H,5-6,14H2,(H,17,18). The van der Waals surface area contributed by atoms with Gasteiger partial charge in [0.1, 0.15) is 6.33 Å². The van der Waals surface area contributed by atoms with Crippen LogP contribution in [0, 0.1) is 0 Å². The minimum absolute atomic E-state index is 0.172. The number of carbonyl (C=O) groups excluding carboxylic acids is 1. The van der Waals surface area contributed by atoms with E-state index in [1.807, 2.05) is 18.2 Å². The lowest BCUT2D eigenvalue weighted by Gasteiger charge is -2.08. The molecule has 5 heteroatoms. The van der Waals surface area contributed by atoms with E-state index in [9.17, 15) is 4.79 Å². The second kappa shape index (κ2) is 5.88. The fourth-order valence-corrected chi connectivity index (χ4v) is 1.68. The Bertz CT molecular complexity index is 528. The molecule has 0 atom stereocenters. The molecule has 18 heavy (non-hydrogen) atoms. The van der Waals surface area contributed by atoms with Crippen LogP contribution in [-0.2, 0) is 6.42 Å². The number of aromatic nitrogens is 2. The third-order valence-electron chi connectivity index (χ3n) is 2.49. The number of nitrogens with one attached hydrogen (secondary N) is 1. The molecule has 1 heterocycles. The van der Waals surface area contributed by atoms with E-state index in [-0.39, 0.29) is 5.91 Å². The maximum Gasteiger partial charge on any atom is 0.256 e. The Morgan fingerprint density at radius 1 is 1.22 bits per heavy atom. The summed E-state index contributed by atoms with van der Waals surface area (Å²) in [5.74, 6) is -0.172. The first-order valence-electron chi connectivity index (χ1n) is 5.65. The van der Waals surface area contributed by atoms with Gasteiger partial charge in [-0.3, -0.25) is 4.79 Å². The van der Waals surface area contributed by atoms with Crippen molar-refractivity contribution in [2.45, 2.75) is 6.42 Å². The van der Waals surface area contributed by atoms with Gasteiger partial charge >= 0.3 is 0 Å². The average Bonchev–Trinajstić information content (AvgIpc) is 2.41. The lowest BCUT2D eigenvalue weighted by molar-refractivity contribution is 0.102. The Labute approximate surface area is 105 Å². The number of amides is 1. The van der Waals surface area contributed by atoms with Crippen molar-refractivity contribution in [2.75, 3.05) is 11.9 Å². The molecular formula is C13H14N4O. The molecule has 1 aromatic carbocycles. The van der Waals surface area contributed by atoms with Crippen LogP contribution < -0.4 is 11.1 Å². The second-order valence-corrected chi connectivity index (χ2v) is 3.78. The zero-order valence-electron chi connectivity index (χ0n) is 9.84. The van der Waals surface area contributed by atoms with Crippen LogP contribution in [0.2, 0.25) is 0 Å². The highest BCUT2D eigenvalue weighted by atomic mass is 16.1. The molecule has 0 aliphatic heterocycles. The lowest BCUT2D eigenvalue weighted by Crippen LogP contribution is -2.16. The van der Waals surface area contributed by atoms with Crippen LogP contribution in [0.4, 0.5) is 5.69 Å². The minimum Gasteiger partial charge on any atom is -0.330 e. The maximum atomic E-state index is 12.1. The van der Waals surface area contributed by atoms with Gasteiger partial charge in [-0.25, -0.2) is 9.97 Å². The topological polar surface area (TPSA) is 80.9 Å². The van der Waals surface area contributed by atoms with Crippen molar-refractivity contribution in [1.29, 1.82) is 0 Å². The number of hydrogen-bond donors (Lipinski definition) is 2. The van der Waals surface area contributed by atoms with Gasteiger partial charge in [0.2, 0.25) is 0 Å². The number of hydrogen-bond acceptors (Lipinski definition) is 4. The van der Waals surface area contributed by atoms with E-state index in [0.29, 0.717) is 24.2 Å². The molecule has 0 unspecified atom stereocenters. The first kappa shape index (κ1) is 12.2. The van der Waals surface area contributed by atoms with Crippen LogP contribution in [0.1, 0.15) is 15.9 Å². The summed E-state index contributed by atoms with van der Waals surface area (Å²) in [6, 6.07) is 7.41. The van der Waals surface area contributed by atoms with E-state index in [4.69, 9.17) is 5.73 Å². The quantitative estimate of drug-likeness (QED) is 0.845. The molecule has 2 aromatic rings. The largest absolute Gasteiger partial charge is 0.330 e. The van der Waals surface area contributed by atoms with Gasteiger partial charge < -0.3 is 11.1 Å². The number of anilines is 1. The summed E-state index contributed by atoms with van der Waals surface area (Å²) in [6.07, 6.45) is 5.19. The molecule has 0 saturated heterocycles. The van der Waals surface area contributed by atoms with Crippen molar-refractivity contribution in [3.63, 3.8) is 0 Å². The number of nitrogens with two attached hydrogens (primary N) is 1. The van der Waals surface area contributed by atoms with Gasteiger partial charge in [0, 0.05) is 5.56 Å². The zero-order valence-corrected chi connectivity index (χ0v) is 9.84. The average molecular weight is 242 g/mol. The Morgan fingerprint density at radius 3 is 2.67 bits per heavy atom. The molecule has 0 aliphatic rings. The highest BCUT2D eigenvalue weighted by Gasteiger charge is 2.10. The van der Waals surface area contributed by atoms with Crippen molar-refractivity contribution in [3.05, 3.63) is 54.1 Å². The molecule has 5 nitrogen and oxygen atoms in total. The molecule has 0 saturated carbocycles. The summed E-state index contributed by atoms with van der Waals surface area (Å²) in [6.45, 7) is 0.513. The molecule has 1 amide bonds. The van der Waals surface area contributed by atoms with E-state index in [1.165, 1.54) is 6.33 Å². The smallest absolute Gasteiger partial charge is 0.256 e. The van der Waals surface area contributed by atoms with Crippen molar-refractivity contribution in [1.82, 2.24) is 9.97 Å². The Morgan fingerprint density at radius 2 is 1.94 bits per heavy atom. The number of rotatable bonds is 4. The summed E-state index contributed by atoms with van der Waals surface area (Å²) in [4.78, 5) is 19.8. The molecule has 0 bridgehead atoms. The third kappa shape index (κ3) is 2.89. The van der Waals surface area contributed by atoms with Crippen LogP contribution in [0.5, 0.6) is 0 Å². The van der Waals surface area contributed by atoms with E-state index >= 15 is 0 Å². The molecule has 92 valence electrons. The normalized spacial score (nSPS) is 10.1. The van der Waals surface area contributed by atoms with Gasteiger partial charge in [-0.15, -0.1) is 0 Å². The molecular weight excluding hydrogens is 228 g/mol. The van der Waals surface area contributed by atoms with Gasteiger partial charge in [-0.1, -0.05) is 18.2 Å². The SMILES string of the molecule is NCCc1ccccc1C(=O)Nc1cncnc1. The monoisotopic (exact) mass is 242 g/mol. The highest BCUT2D eigenvalue weighted by Crippen LogP contribution is 2.12. The van der Waals surface area contributed by atoms with E-state index < -0.39 is 0 Å². The summed E-state index contributed by atoms with van der Waals surface area (Å²) in [5.41, 5.74) is 7.68. The van der Waals surface area contributed by atoms with Crippen molar-refractivity contribution >= 4 is 11.6 Å². The number of carbonyl (C=O) groups is 1. The predicted molar refractivity (Wildman–Crippen MR) is 69.2 cm³/mol. The first-order chi connectivity index (χ1) is 8.81. The zero-order chi connectivity index (χ0) is 12.8. The Balaban J connectivity index is 2.19. The van der Waals surface area contributed by atoms with E-state index in [1.54, 1.807) is 18.5 Å². The maximum absolute atomic E-state index is 12.1. The number of benzene rings is 1. The Kier molecular flexibility index (Phi) is 3.98. The van der Waals surface area contributed by atoms with Gasteiger partial charge in [-0.2, -0.15) is 0 Å². The fourth-order valence-electron chi connectivity index (χ4n) is 1.68. The van der Waals surface area contributed by atoms with E-state index in [2.05, 4.69) is 15.3 Å². The van der Waals surface area contributed by atoms with Crippen LogP contribution in [-0.4, -0.2) is 22.4 Å². The van der Waals surface area contributed by atoms with Gasteiger partial charge in [-0.05, 0) is 24.6 Å². The summed E-state index contributed by atoms with van der Waals surface area (Å²) in [7, 11) is 0. The molecule has 0 spiro atoms. The van der Waals surface area contributed by atoms with Crippen LogP contribution in [0.15, 0.2) is 43.0 Å². The fraction of sp³-hybridized carbons (Fsp3) is 0.154. The van der Waals surface area contributed by atoms with Crippen LogP contribution in [0.3, 0.4) is 0 Å². The number of nitrogens with zero attached hydrogens (tertiary/aromatic N) is 2. The minimum atomic E-state index is -0.172. The third-order valence-corrected chi connectivity index (χ3v) is 2.49. The van der Waals surface area contributed by atoms with Crippen LogP contribution in [0.25, 0.3) is 0 Å². The van der Waals surface area contributed by atoms with Crippen molar-refractivity contribution in [3.8, 4) is 0 Å². The summed E-state index contributed by atoms with van der Waals surface area (Å²) >= 11 is 0. The molecule has 0 aliphatic carbocycles. The molecule has 2 rings (SSSR count). The lowest BCUT2D eigenvalue weighted by atomic mass is 10.0. The van der Waals surface area contributed by atoms with Crippen molar-refractivity contribution in [2.24, 2.45) is 5.73 Å². The highest BCUT2D eigenvalue weighted by molar-refractivity contribution is 6.05. The Hall–Kier alpha value is -2.27. The molecule has 0 fully saturated rings. The first-order valence-corrected chi connectivity index (χ1v) is 5.65. The molecule has 3 N–H and O–H groups in total. The van der Waals surface area contributed by atoms with Gasteiger partial charge in [0.25, 0.3) is 5.91 Å². The van der Waals surface area contributed by atoms with Gasteiger partial charge in [0.05, 0.1) is 18.1 Å². The predicted octanol–water partition coefficient (Wildman–Crippen LogP) is 1.23. The van der Waals surface area contributed by atoms with E-state index in [0.717, 1.165) is 5.56 Å². The molecule has 1 aromatic heterocycles.